The fraction of sp³-hybridized carbons (Fsp3) is 1.00. The van der Waals surface area contributed by atoms with Crippen molar-refractivity contribution in [2.75, 3.05) is 31.7 Å². The normalized spacial score (nSPS) is 40.2. The first-order valence-electron chi connectivity index (χ1n) is 6.65. The number of sulfone groups is 1. The van der Waals surface area contributed by atoms with Gasteiger partial charge in [-0.2, -0.15) is 0 Å². The highest BCUT2D eigenvalue weighted by Gasteiger charge is 2.45. The fourth-order valence-electron chi connectivity index (χ4n) is 3.34. The minimum Gasteiger partial charge on any atom is -0.377 e. The van der Waals surface area contributed by atoms with E-state index in [2.05, 4.69) is 11.8 Å². The first-order valence-corrected chi connectivity index (χ1v) is 8.47. The SMILES string of the molecule is CC1OCCC1N(C)C1(CN)CCCS(=O)(=O)C1. The fourth-order valence-corrected chi connectivity index (χ4v) is 5.35. The number of hydrogen-bond donors (Lipinski definition) is 1. The Balaban J connectivity index is 2.21. The van der Waals surface area contributed by atoms with E-state index in [1.807, 2.05) is 7.05 Å². The summed E-state index contributed by atoms with van der Waals surface area (Å²) in [5.41, 5.74) is 5.53. The molecule has 6 heteroatoms. The zero-order chi connectivity index (χ0) is 13.4. The summed E-state index contributed by atoms with van der Waals surface area (Å²) in [6.07, 6.45) is 2.69. The molecule has 0 spiro atoms. The Bertz CT molecular complexity index is 398. The molecule has 3 atom stereocenters. The summed E-state index contributed by atoms with van der Waals surface area (Å²) in [5, 5.41) is 0. The molecule has 0 saturated carbocycles. The zero-order valence-electron chi connectivity index (χ0n) is 11.3. The van der Waals surface area contributed by atoms with E-state index in [9.17, 15) is 8.42 Å². The second-order valence-electron chi connectivity index (χ2n) is 5.67. The molecule has 2 heterocycles. The van der Waals surface area contributed by atoms with Gasteiger partial charge in [-0.3, -0.25) is 4.90 Å². The molecule has 2 N–H and O–H groups in total. The van der Waals surface area contributed by atoms with Crippen LogP contribution < -0.4 is 5.73 Å². The lowest BCUT2D eigenvalue weighted by atomic mass is 9.91. The van der Waals surface area contributed by atoms with Crippen LogP contribution in [0, 0.1) is 0 Å². The van der Waals surface area contributed by atoms with Gasteiger partial charge in [0.1, 0.15) is 0 Å². The van der Waals surface area contributed by atoms with Gasteiger partial charge in [0, 0.05) is 24.7 Å². The Kier molecular flexibility index (Phi) is 4.02. The Labute approximate surface area is 110 Å². The maximum Gasteiger partial charge on any atom is 0.152 e. The van der Waals surface area contributed by atoms with Crippen molar-refractivity contribution < 1.29 is 13.2 Å². The largest absolute Gasteiger partial charge is 0.377 e. The minimum absolute atomic E-state index is 0.156. The monoisotopic (exact) mass is 276 g/mol. The van der Waals surface area contributed by atoms with Gasteiger partial charge in [0.15, 0.2) is 9.84 Å². The Morgan fingerprint density at radius 3 is 2.72 bits per heavy atom. The number of nitrogens with two attached hydrogens (primary N) is 1. The van der Waals surface area contributed by atoms with E-state index in [4.69, 9.17) is 10.5 Å². The lowest BCUT2D eigenvalue weighted by Crippen LogP contribution is -2.62. The second kappa shape index (κ2) is 5.07. The number of likely N-dealkylation sites (N-methyl/N-ethyl adjacent to an activating group) is 1. The molecule has 106 valence electrons. The topological polar surface area (TPSA) is 72.6 Å². The molecule has 2 aliphatic rings. The maximum absolute atomic E-state index is 11.9. The summed E-state index contributed by atoms with van der Waals surface area (Å²) in [4.78, 5) is 2.18. The average molecular weight is 276 g/mol. The number of ether oxygens (including phenoxy) is 1. The van der Waals surface area contributed by atoms with Crippen molar-refractivity contribution in [1.29, 1.82) is 0 Å². The molecule has 0 aromatic rings. The molecule has 2 aliphatic heterocycles. The lowest BCUT2D eigenvalue weighted by Gasteiger charge is -2.47. The van der Waals surface area contributed by atoms with Crippen LogP contribution in [0.1, 0.15) is 26.2 Å². The standard InChI is InChI=1S/C12H24N2O3S/c1-10-11(4-6-17-10)14(2)12(8-13)5-3-7-18(15,16)9-12/h10-11H,3-9,13H2,1-2H3. The van der Waals surface area contributed by atoms with Crippen LogP contribution in [0.2, 0.25) is 0 Å². The highest BCUT2D eigenvalue weighted by Crippen LogP contribution is 2.32. The van der Waals surface area contributed by atoms with E-state index in [0.717, 1.165) is 19.4 Å². The Hall–Kier alpha value is -0.170. The zero-order valence-corrected chi connectivity index (χ0v) is 12.1. The Morgan fingerprint density at radius 2 is 2.22 bits per heavy atom. The van der Waals surface area contributed by atoms with Gasteiger partial charge in [-0.1, -0.05) is 0 Å². The molecule has 5 nitrogen and oxygen atoms in total. The van der Waals surface area contributed by atoms with Crippen molar-refractivity contribution in [1.82, 2.24) is 4.90 Å². The van der Waals surface area contributed by atoms with Crippen molar-refractivity contribution in [3.63, 3.8) is 0 Å². The van der Waals surface area contributed by atoms with Crippen molar-refractivity contribution in [3.05, 3.63) is 0 Å². The average Bonchev–Trinajstić information content (AvgIpc) is 2.73. The van der Waals surface area contributed by atoms with Gasteiger partial charge in [0.05, 0.1) is 17.6 Å². The quantitative estimate of drug-likeness (QED) is 0.785. The molecule has 2 fully saturated rings. The number of nitrogens with zero attached hydrogens (tertiary/aromatic N) is 1. The van der Waals surface area contributed by atoms with Gasteiger partial charge in [0.25, 0.3) is 0 Å². The first kappa shape index (κ1) is 14.2. The molecule has 0 aromatic carbocycles. The van der Waals surface area contributed by atoms with Crippen molar-refractivity contribution >= 4 is 9.84 Å². The highest BCUT2D eigenvalue weighted by molar-refractivity contribution is 7.91. The Morgan fingerprint density at radius 1 is 1.50 bits per heavy atom. The molecule has 0 aliphatic carbocycles. The summed E-state index contributed by atoms with van der Waals surface area (Å²) in [6, 6.07) is 0.279. The number of rotatable bonds is 3. The van der Waals surface area contributed by atoms with E-state index < -0.39 is 15.4 Å². The van der Waals surface area contributed by atoms with Gasteiger partial charge < -0.3 is 10.5 Å². The molecule has 2 rings (SSSR count). The molecular weight excluding hydrogens is 252 g/mol. The highest BCUT2D eigenvalue weighted by atomic mass is 32.2. The first-order chi connectivity index (χ1) is 8.40. The third-order valence-corrected chi connectivity index (χ3v) is 6.44. The summed E-state index contributed by atoms with van der Waals surface area (Å²) in [5.74, 6) is 0.496. The van der Waals surface area contributed by atoms with Crippen LogP contribution in [0.4, 0.5) is 0 Å². The summed E-state index contributed by atoms with van der Waals surface area (Å²) < 4.78 is 29.4. The molecule has 3 unspecified atom stereocenters. The van der Waals surface area contributed by atoms with Gasteiger partial charge in [-0.05, 0) is 33.2 Å². The second-order valence-corrected chi connectivity index (χ2v) is 7.85. The maximum atomic E-state index is 11.9. The third kappa shape index (κ3) is 2.57. The smallest absolute Gasteiger partial charge is 0.152 e. The third-order valence-electron chi connectivity index (χ3n) is 4.55. The van der Waals surface area contributed by atoms with Gasteiger partial charge in [0.2, 0.25) is 0 Å². The van der Waals surface area contributed by atoms with Gasteiger partial charge in [-0.15, -0.1) is 0 Å². The molecule has 0 radical (unpaired) electrons. The van der Waals surface area contributed by atoms with E-state index in [-0.39, 0.29) is 17.9 Å². The van der Waals surface area contributed by atoms with Crippen LogP contribution in [0.3, 0.4) is 0 Å². The lowest BCUT2D eigenvalue weighted by molar-refractivity contribution is 0.0319. The van der Waals surface area contributed by atoms with Crippen LogP contribution in [-0.2, 0) is 14.6 Å². The van der Waals surface area contributed by atoms with E-state index >= 15 is 0 Å². The van der Waals surface area contributed by atoms with Crippen LogP contribution in [0.15, 0.2) is 0 Å². The summed E-state index contributed by atoms with van der Waals surface area (Å²) in [6.45, 7) is 3.20. The van der Waals surface area contributed by atoms with Crippen LogP contribution in [-0.4, -0.2) is 62.7 Å². The molecular formula is C12H24N2O3S. The van der Waals surface area contributed by atoms with Gasteiger partial charge in [-0.25, -0.2) is 8.42 Å². The molecule has 0 bridgehead atoms. The van der Waals surface area contributed by atoms with Crippen LogP contribution >= 0.6 is 0 Å². The van der Waals surface area contributed by atoms with E-state index in [0.29, 0.717) is 18.7 Å². The molecule has 0 amide bonds. The van der Waals surface area contributed by atoms with E-state index in [1.165, 1.54) is 0 Å². The van der Waals surface area contributed by atoms with Crippen molar-refractivity contribution in [2.24, 2.45) is 5.73 Å². The summed E-state index contributed by atoms with van der Waals surface area (Å²) in [7, 11) is -0.953. The van der Waals surface area contributed by atoms with E-state index in [1.54, 1.807) is 0 Å². The van der Waals surface area contributed by atoms with Crippen molar-refractivity contribution in [2.45, 2.75) is 43.9 Å². The molecule has 0 aromatic heterocycles. The minimum atomic E-state index is -2.96. The van der Waals surface area contributed by atoms with Gasteiger partial charge >= 0.3 is 0 Å². The number of hydrogen-bond acceptors (Lipinski definition) is 5. The van der Waals surface area contributed by atoms with Crippen LogP contribution in [0.5, 0.6) is 0 Å². The predicted molar refractivity (Wildman–Crippen MR) is 71.3 cm³/mol. The predicted octanol–water partition coefficient (Wildman–Crippen LogP) is 0.00170. The molecule has 2 saturated heterocycles. The van der Waals surface area contributed by atoms with Crippen LogP contribution in [0.25, 0.3) is 0 Å². The summed E-state index contributed by atoms with van der Waals surface area (Å²) >= 11 is 0. The molecule has 18 heavy (non-hydrogen) atoms. The van der Waals surface area contributed by atoms with Crippen molar-refractivity contribution in [3.8, 4) is 0 Å².